The number of rotatable bonds is 81. The maximum Gasteiger partial charge on any atom is 0.220 e. The summed E-state index contributed by atoms with van der Waals surface area (Å²) in [5, 5.41) is 122. The molecule has 0 aromatic rings. The highest BCUT2D eigenvalue weighted by atomic mass is 16.8. The van der Waals surface area contributed by atoms with Crippen LogP contribution >= 0.6 is 0 Å². The SMILES string of the molecule is CCCCCCCCCC/C=C\CCCCCCCCCCCCCCCCCCCCCCCCCC(=O)NC(COC1OC(CO)C(OC2OC(CO)C(OC3OC(CO)C(O)C(O)C3O)C(O)C2O)C(O)C1O)C(O)CCCCCCCCCCCCCCCCCCCCCCCCCCCCCCCCCCC. The van der Waals surface area contributed by atoms with Gasteiger partial charge in [-0.2, -0.15) is 0 Å². The molecule has 1 amide bonds. The Kier molecular flexibility index (Phi) is 69.6. The second kappa shape index (κ2) is 74.4. The Labute approximate surface area is 690 Å². The summed E-state index contributed by atoms with van der Waals surface area (Å²) in [6.07, 6.45) is 66.3. The zero-order chi connectivity index (χ0) is 81.7. The monoisotopic (exact) mass is 1610 g/mol. The molecule has 17 unspecified atom stereocenters. The van der Waals surface area contributed by atoms with E-state index in [1.807, 2.05) is 0 Å². The van der Waals surface area contributed by atoms with E-state index in [0.717, 1.165) is 44.9 Å². The molecule has 0 saturated carbocycles. The van der Waals surface area contributed by atoms with Gasteiger partial charge in [0.1, 0.15) is 73.2 Å². The number of amides is 1. The lowest BCUT2D eigenvalue weighted by molar-refractivity contribution is -0.379. The van der Waals surface area contributed by atoms with Crippen LogP contribution in [0.1, 0.15) is 450 Å². The molecule has 0 aliphatic carbocycles. The van der Waals surface area contributed by atoms with Gasteiger partial charge in [-0.05, 0) is 38.5 Å². The average molecular weight is 1610 g/mol. The molecular formula is C94H181NO18. The van der Waals surface area contributed by atoms with Crippen LogP contribution in [0.15, 0.2) is 12.2 Å². The first-order chi connectivity index (χ1) is 55.3. The number of hydrogen-bond donors (Lipinski definition) is 12. The quantitative estimate of drug-likeness (QED) is 0.0199. The lowest BCUT2D eigenvalue weighted by atomic mass is 9.96. The second-order valence-electron chi connectivity index (χ2n) is 34.9. The maximum absolute atomic E-state index is 13.6. The van der Waals surface area contributed by atoms with E-state index in [1.165, 1.54) is 372 Å². The summed E-state index contributed by atoms with van der Waals surface area (Å²) in [5.41, 5.74) is 0. The smallest absolute Gasteiger partial charge is 0.220 e. The van der Waals surface area contributed by atoms with Crippen molar-refractivity contribution in [2.24, 2.45) is 0 Å². The Morgan fingerprint density at radius 2 is 0.558 bits per heavy atom. The third-order valence-corrected chi connectivity index (χ3v) is 24.6. The van der Waals surface area contributed by atoms with Crippen LogP contribution in [0.5, 0.6) is 0 Å². The molecule has 12 N–H and O–H groups in total. The minimum Gasteiger partial charge on any atom is -0.394 e. The summed E-state index contributed by atoms with van der Waals surface area (Å²) in [6, 6.07) is -0.886. The van der Waals surface area contributed by atoms with Gasteiger partial charge in [0.15, 0.2) is 18.9 Å². The van der Waals surface area contributed by atoms with E-state index < -0.39 is 124 Å². The Hall–Kier alpha value is -1.47. The van der Waals surface area contributed by atoms with Gasteiger partial charge in [0.25, 0.3) is 0 Å². The van der Waals surface area contributed by atoms with Gasteiger partial charge in [-0.15, -0.1) is 0 Å². The highest BCUT2D eigenvalue weighted by Gasteiger charge is 2.54. The lowest BCUT2D eigenvalue weighted by Crippen LogP contribution is -2.66. The molecule has 19 heteroatoms. The topological polar surface area (TPSA) is 307 Å². The van der Waals surface area contributed by atoms with Crippen LogP contribution in [0.2, 0.25) is 0 Å². The Morgan fingerprint density at radius 1 is 0.310 bits per heavy atom. The lowest BCUT2D eigenvalue weighted by Gasteiger charge is -2.48. The second-order valence-corrected chi connectivity index (χ2v) is 34.9. The number of ether oxygens (including phenoxy) is 6. The molecule has 0 spiro atoms. The molecule has 0 aromatic heterocycles. The predicted molar refractivity (Wildman–Crippen MR) is 457 cm³/mol. The van der Waals surface area contributed by atoms with Crippen molar-refractivity contribution in [3.8, 4) is 0 Å². The maximum atomic E-state index is 13.6. The van der Waals surface area contributed by atoms with Crippen LogP contribution in [0.3, 0.4) is 0 Å². The van der Waals surface area contributed by atoms with Gasteiger partial charge < -0.3 is 89.9 Å². The van der Waals surface area contributed by atoms with E-state index in [9.17, 15) is 61.0 Å². The molecule has 3 aliphatic rings. The Balaban J connectivity index is 1.29. The van der Waals surface area contributed by atoms with Gasteiger partial charge in [0.2, 0.25) is 5.91 Å². The first-order valence-corrected chi connectivity index (χ1v) is 48.4. The molecule has 670 valence electrons. The Bertz CT molecular complexity index is 2080. The van der Waals surface area contributed by atoms with Gasteiger partial charge in [-0.25, -0.2) is 0 Å². The van der Waals surface area contributed by atoms with Gasteiger partial charge in [-0.3, -0.25) is 4.79 Å². The summed E-state index contributed by atoms with van der Waals surface area (Å²) >= 11 is 0. The Morgan fingerprint density at radius 3 is 0.858 bits per heavy atom. The molecule has 113 heavy (non-hydrogen) atoms. The summed E-state index contributed by atoms with van der Waals surface area (Å²) in [5.74, 6) is -0.231. The van der Waals surface area contributed by atoms with E-state index in [1.54, 1.807) is 0 Å². The van der Waals surface area contributed by atoms with Crippen molar-refractivity contribution in [2.45, 2.75) is 555 Å². The van der Waals surface area contributed by atoms with Gasteiger partial charge >= 0.3 is 0 Å². The first kappa shape index (κ1) is 106. The summed E-state index contributed by atoms with van der Waals surface area (Å²) in [7, 11) is 0. The zero-order valence-electron chi connectivity index (χ0n) is 72.7. The first-order valence-electron chi connectivity index (χ1n) is 48.4. The average Bonchev–Trinajstić information content (AvgIpc) is 0.780. The third-order valence-electron chi connectivity index (χ3n) is 24.6. The van der Waals surface area contributed by atoms with Crippen molar-refractivity contribution in [2.75, 3.05) is 26.4 Å². The highest BCUT2D eigenvalue weighted by Crippen LogP contribution is 2.34. The van der Waals surface area contributed by atoms with E-state index >= 15 is 0 Å². The van der Waals surface area contributed by atoms with Crippen LogP contribution in [0.25, 0.3) is 0 Å². The number of allylic oxidation sites excluding steroid dienone is 2. The van der Waals surface area contributed by atoms with E-state index in [-0.39, 0.29) is 18.9 Å². The summed E-state index contributed by atoms with van der Waals surface area (Å²) in [4.78, 5) is 13.6. The molecule has 3 heterocycles. The number of carbonyl (C=O) groups excluding carboxylic acids is 1. The highest BCUT2D eigenvalue weighted by molar-refractivity contribution is 5.76. The molecule has 3 aliphatic heterocycles. The van der Waals surface area contributed by atoms with E-state index in [4.69, 9.17) is 28.4 Å². The molecule has 0 bridgehead atoms. The van der Waals surface area contributed by atoms with Gasteiger partial charge in [0, 0.05) is 6.42 Å². The fraction of sp³-hybridized carbons (Fsp3) is 0.968. The fourth-order valence-electron chi connectivity index (χ4n) is 16.9. The van der Waals surface area contributed by atoms with Crippen LogP contribution < -0.4 is 5.32 Å². The molecule has 0 radical (unpaired) electrons. The van der Waals surface area contributed by atoms with Crippen LogP contribution in [-0.4, -0.2) is 193 Å². The van der Waals surface area contributed by atoms with Crippen molar-refractivity contribution in [3.05, 3.63) is 12.2 Å². The van der Waals surface area contributed by atoms with E-state index in [2.05, 4.69) is 31.3 Å². The molecule has 0 aromatic carbocycles. The number of aliphatic hydroxyl groups excluding tert-OH is 11. The zero-order valence-corrected chi connectivity index (χ0v) is 72.7. The molecule has 19 nitrogen and oxygen atoms in total. The summed E-state index contributed by atoms with van der Waals surface area (Å²) in [6.45, 7) is 1.89. The summed E-state index contributed by atoms with van der Waals surface area (Å²) < 4.78 is 34.6. The van der Waals surface area contributed by atoms with Crippen molar-refractivity contribution >= 4 is 5.91 Å². The predicted octanol–water partition coefficient (Wildman–Crippen LogP) is 19.4. The molecular weight excluding hydrogens is 1430 g/mol. The molecule has 3 fully saturated rings. The normalized spacial score (nSPS) is 24.8. The number of hydrogen-bond acceptors (Lipinski definition) is 18. The number of aliphatic hydroxyl groups is 11. The van der Waals surface area contributed by atoms with Crippen LogP contribution in [-0.2, 0) is 33.2 Å². The largest absolute Gasteiger partial charge is 0.394 e. The minimum absolute atomic E-state index is 0.231. The third kappa shape index (κ3) is 52.5. The van der Waals surface area contributed by atoms with Crippen molar-refractivity contribution in [1.29, 1.82) is 0 Å². The molecule has 3 rings (SSSR count). The number of unbranched alkanes of at least 4 members (excludes halogenated alkanes) is 63. The van der Waals surface area contributed by atoms with Crippen molar-refractivity contribution in [1.82, 2.24) is 5.32 Å². The molecule has 17 atom stereocenters. The van der Waals surface area contributed by atoms with Crippen molar-refractivity contribution in [3.63, 3.8) is 0 Å². The standard InChI is InChI=1S/C94H181NO18/c1-3-5-7-9-11-13-15-17-19-21-23-25-27-29-31-33-35-37-38-40-42-44-46-48-50-52-54-56-58-60-62-64-66-68-70-72-82(100)95-77(78(99)71-69-67-65-63-61-59-57-55-53-51-49-47-45-43-41-39-36-34-32-30-28-26-24-22-20-18-16-14-12-10-8-6-4-2)76-108-92-88(106)85(103)90(80(74-97)110-92)113-94-89(107)86(104)91(81(75-98)111-94)112-93-87(105)84(102)83(101)79(73-96)109-93/h21,23,77-81,83-94,96-99,101-107H,3-20,22,24-76H2,1-2H3,(H,95,100)/b23-21-. The number of carbonyl (C=O) groups is 1. The van der Waals surface area contributed by atoms with Gasteiger partial charge in [0.05, 0.1) is 38.6 Å². The van der Waals surface area contributed by atoms with Crippen molar-refractivity contribution < 1.29 is 89.4 Å². The van der Waals surface area contributed by atoms with E-state index in [0.29, 0.717) is 12.8 Å². The molecule has 3 saturated heterocycles. The fourth-order valence-corrected chi connectivity index (χ4v) is 16.9. The van der Waals surface area contributed by atoms with Crippen LogP contribution in [0.4, 0.5) is 0 Å². The number of nitrogens with one attached hydrogen (secondary N) is 1. The van der Waals surface area contributed by atoms with Crippen LogP contribution in [0, 0.1) is 0 Å². The minimum atomic E-state index is -1.97. The van der Waals surface area contributed by atoms with Gasteiger partial charge in [-0.1, -0.05) is 418 Å².